The third-order valence-electron chi connectivity index (χ3n) is 4.78. The zero-order chi connectivity index (χ0) is 20.1. The fourth-order valence-corrected chi connectivity index (χ4v) is 4.87. The van der Waals surface area contributed by atoms with Crippen molar-refractivity contribution in [3.05, 3.63) is 34.9 Å². The van der Waals surface area contributed by atoms with Crippen molar-refractivity contribution in [2.45, 2.75) is 39.2 Å². The van der Waals surface area contributed by atoms with Gasteiger partial charge in [-0.05, 0) is 42.4 Å². The number of hydrogen-bond donors (Lipinski definition) is 2. The molecule has 1 fully saturated rings. The maximum Gasteiger partial charge on any atom is 0.211 e. The van der Waals surface area contributed by atoms with Crippen LogP contribution >= 0.6 is 35.6 Å². The summed E-state index contributed by atoms with van der Waals surface area (Å²) in [6.07, 6.45) is 3.94. The van der Waals surface area contributed by atoms with Gasteiger partial charge in [-0.25, -0.2) is 8.42 Å². The second-order valence-electron chi connectivity index (χ2n) is 7.95. The van der Waals surface area contributed by atoms with Gasteiger partial charge >= 0.3 is 0 Å². The summed E-state index contributed by atoms with van der Waals surface area (Å²) >= 11 is 6.08. The molecule has 1 aromatic carbocycles. The summed E-state index contributed by atoms with van der Waals surface area (Å²) in [5, 5.41) is 7.38. The molecule has 0 aromatic heterocycles. The van der Waals surface area contributed by atoms with E-state index in [2.05, 4.69) is 35.5 Å². The van der Waals surface area contributed by atoms with Crippen molar-refractivity contribution >= 4 is 51.6 Å². The number of rotatable bonds is 7. The molecule has 2 rings (SSSR count). The highest BCUT2D eigenvalue weighted by Gasteiger charge is 2.31. The van der Waals surface area contributed by atoms with Gasteiger partial charge in [0.05, 0.1) is 6.26 Å². The van der Waals surface area contributed by atoms with E-state index in [9.17, 15) is 8.42 Å². The van der Waals surface area contributed by atoms with Gasteiger partial charge in [-0.2, -0.15) is 4.31 Å². The molecule has 9 heteroatoms. The standard InChI is InChI=1S/C19H31ClN4O2S.HI/c1-19(2,12-15-7-5-8-16(20)11-15)14-23-18(21-3)22-13-17-9-6-10-24(17)27(4,25)26;/h5,7-8,11,17H,6,9-10,12-14H2,1-4H3,(H2,21,22,23);1H/t17-;/m1./s1. The molecule has 1 aliphatic rings. The lowest BCUT2D eigenvalue weighted by Crippen LogP contribution is -2.48. The molecule has 1 atom stereocenters. The van der Waals surface area contributed by atoms with Crippen LogP contribution in [0.25, 0.3) is 0 Å². The number of sulfonamides is 1. The zero-order valence-electron chi connectivity index (χ0n) is 17.0. The SMILES string of the molecule is CN=C(NC[C@H]1CCCN1S(C)(=O)=O)NCC(C)(C)Cc1cccc(Cl)c1.I. The summed E-state index contributed by atoms with van der Waals surface area (Å²) in [7, 11) is -1.43. The Hall–Kier alpha value is -0.580. The first kappa shape index (κ1) is 25.5. The molecule has 0 unspecified atom stereocenters. The molecule has 0 amide bonds. The lowest BCUT2D eigenvalue weighted by atomic mass is 9.86. The molecule has 0 radical (unpaired) electrons. The van der Waals surface area contributed by atoms with E-state index in [-0.39, 0.29) is 35.4 Å². The number of guanidine groups is 1. The van der Waals surface area contributed by atoms with Gasteiger partial charge in [0.1, 0.15) is 0 Å². The van der Waals surface area contributed by atoms with E-state index in [0.29, 0.717) is 19.0 Å². The molecule has 1 heterocycles. The topological polar surface area (TPSA) is 73.8 Å². The summed E-state index contributed by atoms with van der Waals surface area (Å²) in [4.78, 5) is 4.27. The van der Waals surface area contributed by atoms with E-state index in [1.54, 1.807) is 11.4 Å². The normalized spacial score (nSPS) is 18.6. The van der Waals surface area contributed by atoms with Gasteiger partial charge in [-0.1, -0.05) is 37.6 Å². The van der Waals surface area contributed by atoms with Crippen molar-refractivity contribution in [2.75, 3.05) is 32.9 Å². The number of halogens is 2. The van der Waals surface area contributed by atoms with Crippen LogP contribution in [0.15, 0.2) is 29.3 Å². The maximum absolute atomic E-state index is 11.9. The van der Waals surface area contributed by atoms with Crippen molar-refractivity contribution < 1.29 is 8.42 Å². The molecular weight excluding hydrogens is 511 g/mol. The fraction of sp³-hybridized carbons (Fsp3) is 0.632. The van der Waals surface area contributed by atoms with Crippen molar-refractivity contribution in [3.8, 4) is 0 Å². The zero-order valence-corrected chi connectivity index (χ0v) is 20.9. The first-order valence-electron chi connectivity index (χ1n) is 9.26. The van der Waals surface area contributed by atoms with Crippen LogP contribution < -0.4 is 10.6 Å². The van der Waals surface area contributed by atoms with Crippen LogP contribution in [0.4, 0.5) is 0 Å². The van der Waals surface area contributed by atoms with E-state index < -0.39 is 10.0 Å². The molecule has 1 aliphatic heterocycles. The Balaban J connectivity index is 0.00000392. The summed E-state index contributed by atoms with van der Waals surface area (Å²) in [6, 6.07) is 7.91. The highest BCUT2D eigenvalue weighted by Crippen LogP contribution is 2.23. The number of hydrogen-bond acceptors (Lipinski definition) is 3. The smallest absolute Gasteiger partial charge is 0.211 e. The first-order valence-corrected chi connectivity index (χ1v) is 11.5. The van der Waals surface area contributed by atoms with E-state index in [0.717, 1.165) is 30.8 Å². The molecule has 28 heavy (non-hydrogen) atoms. The van der Waals surface area contributed by atoms with Crippen LogP contribution in [-0.2, 0) is 16.4 Å². The second kappa shape index (κ2) is 11.0. The Labute approximate surface area is 191 Å². The minimum atomic E-state index is -3.16. The van der Waals surface area contributed by atoms with Gasteiger partial charge in [-0.3, -0.25) is 4.99 Å². The Bertz CT molecular complexity index is 771. The van der Waals surface area contributed by atoms with Gasteiger partial charge in [0.25, 0.3) is 0 Å². The Kier molecular flexibility index (Phi) is 9.99. The van der Waals surface area contributed by atoms with Crippen LogP contribution in [0, 0.1) is 5.41 Å². The molecule has 0 spiro atoms. The number of nitrogens with one attached hydrogen (secondary N) is 2. The molecule has 0 aliphatic carbocycles. The van der Waals surface area contributed by atoms with Crippen LogP contribution in [-0.4, -0.2) is 57.7 Å². The van der Waals surface area contributed by atoms with Gasteiger partial charge in [-0.15, -0.1) is 24.0 Å². The highest BCUT2D eigenvalue weighted by molar-refractivity contribution is 14.0. The van der Waals surface area contributed by atoms with Crippen LogP contribution in [0.5, 0.6) is 0 Å². The monoisotopic (exact) mass is 542 g/mol. The van der Waals surface area contributed by atoms with E-state index >= 15 is 0 Å². The summed E-state index contributed by atoms with van der Waals surface area (Å²) < 4.78 is 25.3. The quantitative estimate of drug-likeness (QED) is 0.315. The van der Waals surface area contributed by atoms with Crippen molar-refractivity contribution in [1.29, 1.82) is 0 Å². The average Bonchev–Trinajstić information content (AvgIpc) is 3.03. The van der Waals surface area contributed by atoms with Gasteiger partial charge < -0.3 is 10.6 Å². The molecule has 1 aromatic rings. The van der Waals surface area contributed by atoms with Gasteiger partial charge in [0.15, 0.2) is 5.96 Å². The number of aliphatic imine (C=N–C) groups is 1. The Morgan fingerprint density at radius 3 is 2.68 bits per heavy atom. The summed E-state index contributed by atoms with van der Waals surface area (Å²) in [5.41, 5.74) is 1.21. The fourth-order valence-electron chi connectivity index (χ4n) is 3.47. The van der Waals surface area contributed by atoms with Crippen molar-refractivity contribution in [2.24, 2.45) is 10.4 Å². The summed E-state index contributed by atoms with van der Waals surface area (Å²) in [5.74, 6) is 0.689. The highest BCUT2D eigenvalue weighted by atomic mass is 127. The van der Waals surface area contributed by atoms with Crippen molar-refractivity contribution in [1.82, 2.24) is 14.9 Å². The predicted molar refractivity (Wildman–Crippen MR) is 128 cm³/mol. The summed E-state index contributed by atoms with van der Waals surface area (Å²) in [6.45, 7) is 6.28. The van der Waals surface area contributed by atoms with Crippen LogP contribution in [0.3, 0.4) is 0 Å². The minimum absolute atomic E-state index is 0. The van der Waals surface area contributed by atoms with Crippen LogP contribution in [0.2, 0.25) is 5.02 Å². The van der Waals surface area contributed by atoms with E-state index in [4.69, 9.17) is 11.6 Å². The average molecular weight is 543 g/mol. The predicted octanol–water partition coefficient (Wildman–Crippen LogP) is 3.12. The molecule has 2 N–H and O–H groups in total. The van der Waals surface area contributed by atoms with Gasteiger partial charge in [0.2, 0.25) is 10.0 Å². The van der Waals surface area contributed by atoms with Crippen LogP contribution in [0.1, 0.15) is 32.3 Å². The number of nitrogens with zero attached hydrogens (tertiary/aromatic N) is 2. The van der Waals surface area contributed by atoms with Gasteiger partial charge in [0, 0.05) is 37.7 Å². The third-order valence-corrected chi connectivity index (χ3v) is 6.35. The lowest BCUT2D eigenvalue weighted by molar-refractivity contribution is 0.356. The lowest BCUT2D eigenvalue weighted by Gasteiger charge is -2.27. The second-order valence-corrected chi connectivity index (χ2v) is 10.3. The third kappa shape index (κ3) is 8.04. The maximum atomic E-state index is 11.9. The molecule has 6 nitrogen and oxygen atoms in total. The van der Waals surface area contributed by atoms with E-state index in [1.165, 1.54) is 11.8 Å². The molecule has 160 valence electrons. The van der Waals surface area contributed by atoms with Crippen molar-refractivity contribution in [3.63, 3.8) is 0 Å². The Morgan fingerprint density at radius 1 is 1.36 bits per heavy atom. The number of benzene rings is 1. The molecule has 0 bridgehead atoms. The molecule has 0 saturated carbocycles. The Morgan fingerprint density at radius 2 is 2.07 bits per heavy atom. The molecule has 1 saturated heterocycles. The molecular formula is C19H32ClIN4O2S. The van der Waals surface area contributed by atoms with E-state index in [1.807, 2.05) is 18.2 Å². The first-order chi connectivity index (χ1) is 12.6. The minimum Gasteiger partial charge on any atom is -0.356 e. The largest absolute Gasteiger partial charge is 0.356 e.